The number of hydrogen-bond acceptors (Lipinski definition) is 3. The molecule has 146 valence electrons. The second-order valence-electron chi connectivity index (χ2n) is 7.57. The fourth-order valence-corrected chi connectivity index (χ4v) is 4.19. The Balaban J connectivity index is 1.41. The third-order valence-corrected chi connectivity index (χ3v) is 5.64. The van der Waals surface area contributed by atoms with Gasteiger partial charge in [0.1, 0.15) is 16.9 Å². The first kappa shape index (κ1) is 17.7. The van der Waals surface area contributed by atoms with Crippen LogP contribution in [0.2, 0.25) is 0 Å². The average Bonchev–Trinajstić information content (AvgIpc) is 3.10. The zero-order chi connectivity index (χ0) is 19.8. The van der Waals surface area contributed by atoms with Crippen molar-refractivity contribution >= 4 is 33.5 Å². The van der Waals surface area contributed by atoms with Gasteiger partial charge in [0.05, 0.1) is 12.8 Å². The molecule has 5 rings (SSSR count). The summed E-state index contributed by atoms with van der Waals surface area (Å²) < 4.78 is 13.4. The summed E-state index contributed by atoms with van der Waals surface area (Å²) in [5.74, 6) is 0.521. The summed E-state index contributed by atoms with van der Waals surface area (Å²) in [4.78, 5) is 12.7. The summed E-state index contributed by atoms with van der Waals surface area (Å²) in [6.45, 7) is 0.259. The number of benzene rings is 2. The molecule has 2 aromatic heterocycles. The predicted molar refractivity (Wildman–Crippen MR) is 112 cm³/mol. The molecule has 2 heterocycles. The number of amides is 1. The first-order chi connectivity index (χ1) is 14.2. The summed E-state index contributed by atoms with van der Waals surface area (Å²) in [7, 11) is 1.61. The molecular weight excluding hydrogens is 364 g/mol. The van der Waals surface area contributed by atoms with Crippen LogP contribution in [0, 0.1) is 0 Å². The molecule has 0 bridgehead atoms. The number of anilines is 1. The molecule has 1 amide bonds. The Labute approximate surface area is 168 Å². The van der Waals surface area contributed by atoms with Crippen LogP contribution in [0.4, 0.5) is 5.69 Å². The molecule has 0 fully saturated rings. The lowest BCUT2D eigenvalue weighted by Gasteiger charge is -2.13. The number of methoxy groups -OCH3 is 1. The van der Waals surface area contributed by atoms with Crippen LogP contribution in [0.15, 0.2) is 59.3 Å². The molecule has 0 unspecified atom stereocenters. The molecule has 2 aromatic carbocycles. The van der Waals surface area contributed by atoms with Gasteiger partial charge in [-0.05, 0) is 43.4 Å². The summed E-state index contributed by atoms with van der Waals surface area (Å²) in [5, 5.41) is 4.98. The van der Waals surface area contributed by atoms with Crippen molar-refractivity contribution in [3.8, 4) is 5.75 Å². The number of aryl methyl sites for hydroxylation is 2. The predicted octanol–water partition coefficient (Wildman–Crippen LogP) is 4.40. The highest BCUT2D eigenvalue weighted by Crippen LogP contribution is 2.36. The number of rotatable bonds is 4. The van der Waals surface area contributed by atoms with Gasteiger partial charge in [-0.3, -0.25) is 4.79 Å². The van der Waals surface area contributed by atoms with Crippen LogP contribution >= 0.6 is 0 Å². The number of carbonyl (C=O) groups excluding carboxylic acids is 1. The molecule has 5 nitrogen and oxygen atoms in total. The van der Waals surface area contributed by atoms with E-state index in [4.69, 9.17) is 9.15 Å². The van der Waals surface area contributed by atoms with E-state index in [9.17, 15) is 4.79 Å². The zero-order valence-corrected chi connectivity index (χ0v) is 16.4. The molecule has 29 heavy (non-hydrogen) atoms. The highest BCUT2D eigenvalue weighted by molar-refractivity contribution is 6.07. The van der Waals surface area contributed by atoms with Crippen LogP contribution in [0.1, 0.15) is 24.0 Å². The monoisotopic (exact) mass is 387 g/mol. The van der Waals surface area contributed by atoms with Crippen LogP contribution in [0.25, 0.3) is 21.9 Å². The zero-order valence-electron chi connectivity index (χ0n) is 16.4. The van der Waals surface area contributed by atoms with Crippen molar-refractivity contribution in [2.24, 2.45) is 0 Å². The maximum absolute atomic E-state index is 12.7. The Hall–Kier alpha value is -3.34. The largest absolute Gasteiger partial charge is 0.495 e. The van der Waals surface area contributed by atoms with Crippen molar-refractivity contribution in [1.29, 1.82) is 0 Å². The van der Waals surface area contributed by atoms with E-state index in [1.54, 1.807) is 7.11 Å². The molecule has 1 aliphatic carbocycles. The van der Waals surface area contributed by atoms with E-state index in [0.29, 0.717) is 11.4 Å². The topological polar surface area (TPSA) is 55.4 Å². The number of para-hydroxylation sites is 1. The molecule has 0 radical (unpaired) electrons. The van der Waals surface area contributed by atoms with Gasteiger partial charge in [-0.2, -0.15) is 4.57 Å². The van der Waals surface area contributed by atoms with Crippen LogP contribution < -0.4 is 14.6 Å². The Bertz CT molecular complexity index is 1230. The molecule has 4 aromatic rings. The molecule has 5 heteroatoms. The highest BCUT2D eigenvalue weighted by Gasteiger charge is 2.18. The van der Waals surface area contributed by atoms with Crippen molar-refractivity contribution in [2.75, 3.05) is 12.4 Å². The number of furan rings is 1. The minimum absolute atomic E-state index is 0.0977. The van der Waals surface area contributed by atoms with E-state index in [0.717, 1.165) is 34.8 Å². The Kier molecular flexibility index (Phi) is 4.43. The average molecular weight is 387 g/mol. The van der Waals surface area contributed by atoms with Crippen molar-refractivity contribution in [2.45, 2.75) is 32.2 Å². The van der Waals surface area contributed by atoms with Gasteiger partial charge in [-0.1, -0.05) is 18.2 Å². The lowest BCUT2D eigenvalue weighted by atomic mass is 9.93. The standard InChI is InChI=1S/C24H22N2O3/c1-28-23-12-19-18-8-4-5-9-21(18)29-22(19)13-20(23)25-24(27)15-26-11-10-16-6-2-3-7-17(16)14-26/h4-5,8-14H,2-3,6-7,15H2,1H3/p+1. The minimum atomic E-state index is -0.0977. The summed E-state index contributed by atoms with van der Waals surface area (Å²) in [6.07, 6.45) is 8.79. The van der Waals surface area contributed by atoms with Gasteiger partial charge in [-0.25, -0.2) is 0 Å². The lowest BCUT2D eigenvalue weighted by Crippen LogP contribution is -2.40. The number of ether oxygens (including phenoxy) is 1. The molecule has 0 saturated carbocycles. The lowest BCUT2D eigenvalue weighted by molar-refractivity contribution is -0.684. The van der Waals surface area contributed by atoms with Crippen molar-refractivity contribution < 1.29 is 18.5 Å². The smallest absolute Gasteiger partial charge is 0.290 e. The fraction of sp³-hybridized carbons (Fsp3) is 0.250. The fourth-order valence-electron chi connectivity index (χ4n) is 4.19. The molecule has 0 aliphatic heterocycles. The maximum atomic E-state index is 12.7. The molecule has 0 saturated heterocycles. The van der Waals surface area contributed by atoms with E-state index in [-0.39, 0.29) is 12.5 Å². The van der Waals surface area contributed by atoms with Crippen LogP contribution in [0.5, 0.6) is 5.75 Å². The molecule has 0 spiro atoms. The number of nitrogens with zero attached hydrogens (tertiary/aromatic N) is 1. The summed E-state index contributed by atoms with van der Waals surface area (Å²) in [5.41, 5.74) is 4.92. The second-order valence-corrected chi connectivity index (χ2v) is 7.57. The van der Waals surface area contributed by atoms with Gasteiger partial charge in [0.25, 0.3) is 5.91 Å². The van der Waals surface area contributed by atoms with Crippen LogP contribution in [-0.4, -0.2) is 13.0 Å². The summed E-state index contributed by atoms with van der Waals surface area (Å²) in [6, 6.07) is 13.8. The molecule has 1 aliphatic rings. The van der Waals surface area contributed by atoms with Crippen molar-refractivity contribution in [1.82, 2.24) is 0 Å². The number of fused-ring (bicyclic) bond motifs is 4. The number of aromatic nitrogens is 1. The number of hydrogen-bond donors (Lipinski definition) is 1. The first-order valence-corrected chi connectivity index (χ1v) is 10.0. The van der Waals surface area contributed by atoms with Crippen molar-refractivity contribution in [3.05, 3.63) is 66.0 Å². The van der Waals surface area contributed by atoms with E-state index < -0.39 is 0 Å². The number of nitrogens with one attached hydrogen (secondary N) is 1. The van der Waals surface area contributed by atoms with Gasteiger partial charge >= 0.3 is 0 Å². The third-order valence-electron chi connectivity index (χ3n) is 5.64. The molecule has 1 N–H and O–H groups in total. The van der Waals surface area contributed by atoms with Gasteiger partial charge in [0.15, 0.2) is 12.4 Å². The van der Waals surface area contributed by atoms with E-state index >= 15 is 0 Å². The quantitative estimate of drug-likeness (QED) is 0.528. The van der Waals surface area contributed by atoms with Crippen molar-refractivity contribution in [3.63, 3.8) is 0 Å². The first-order valence-electron chi connectivity index (χ1n) is 10.0. The van der Waals surface area contributed by atoms with Gasteiger partial charge in [-0.15, -0.1) is 0 Å². The normalized spacial score (nSPS) is 13.4. The van der Waals surface area contributed by atoms with E-state index in [1.165, 1.54) is 24.0 Å². The van der Waals surface area contributed by atoms with E-state index in [1.807, 2.05) is 47.2 Å². The van der Waals surface area contributed by atoms with E-state index in [2.05, 4.69) is 17.6 Å². The SMILES string of the molecule is COc1cc2c(cc1NC(=O)C[n+]1ccc3c(c1)CCCC3)oc1ccccc12. The number of carbonyl (C=O) groups is 1. The second kappa shape index (κ2) is 7.24. The van der Waals surface area contributed by atoms with Gasteiger partial charge in [0, 0.05) is 28.5 Å². The van der Waals surface area contributed by atoms with Crippen LogP contribution in [-0.2, 0) is 24.2 Å². The Morgan fingerprint density at radius 2 is 1.90 bits per heavy atom. The van der Waals surface area contributed by atoms with Gasteiger partial charge in [0.2, 0.25) is 6.54 Å². The molecule has 0 atom stereocenters. The number of pyridine rings is 1. The highest BCUT2D eigenvalue weighted by atomic mass is 16.5. The summed E-state index contributed by atoms with van der Waals surface area (Å²) >= 11 is 0. The Morgan fingerprint density at radius 1 is 1.07 bits per heavy atom. The molecular formula is C24H23N2O3+. The van der Waals surface area contributed by atoms with Gasteiger partial charge < -0.3 is 14.5 Å². The van der Waals surface area contributed by atoms with Crippen LogP contribution in [0.3, 0.4) is 0 Å². The Morgan fingerprint density at radius 3 is 2.76 bits per heavy atom. The third kappa shape index (κ3) is 3.33. The minimum Gasteiger partial charge on any atom is -0.495 e. The maximum Gasteiger partial charge on any atom is 0.290 e.